The fourth-order valence-corrected chi connectivity index (χ4v) is 2.84. The Balaban J connectivity index is 0.00000180. The van der Waals surface area contributed by atoms with Crippen molar-refractivity contribution in [2.45, 2.75) is 56.9 Å². The van der Waals surface area contributed by atoms with Crippen molar-refractivity contribution in [1.29, 1.82) is 0 Å². The molecule has 2 rings (SSSR count). The molecule has 5 heteroatoms. The molecule has 1 saturated carbocycles. The lowest BCUT2D eigenvalue weighted by molar-refractivity contribution is -0.0103. The topological polar surface area (TPSA) is 24.1 Å². The lowest BCUT2D eigenvalue weighted by atomic mass is 9.78. The molecule has 0 aromatic carbocycles. The van der Waals surface area contributed by atoms with Gasteiger partial charge in [0.1, 0.15) is 0 Å². The molecule has 0 amide bonds. The van der Waals surface area contributed by atoms with E-state index in [9.17, 15) is 8.78 Å². The van der Waals surface area contributed by atoms with Crippen LogP contribution in [0.5, 0.6) is 0 Å². The van der Waals surface area contributed by atoms with E-state index in [1.54, 1.807) is 0 Å². The van der Waals surface area contributed by atoms with Gasteiger partial charge >= 0.3 is 0 Å². The fourth-order valence-electron chi connectivity index (χ4n) is 2.44. The molecule has 18 heavy (non-hydrogen) atoms. The Bertz CT molecular complexity index is 396. The summed E-state index contributed by atoms with van der Waals surface area (Å²) >= 11 is 4.16. The Kier molecular flexibility index (Phi) is 3.63. The summed E-state index contributed by atoms with van der Waals surface area (Å²) in [6.45, 7) is 6.06. The van der Waals surface area contributed by atoms with Crippen LogP contribution in [0.2, 0.25) is 0 Å². The van der Waals surface area contributed by atoms with E-state index in [-0.39, 0.29) is 21.2 Å². The number of thiol groups is 1. The Morgan fingerprint density at radius 2 is 2.06 bits per heavy atom. The van der Waals surface area contributed by atoms with Gasteiger partial charge in [0.15, 0.2) is 0 Å². The molecule has 2 aliphatic carbocycles. The SMILES string of the molecule is C=C(NC1=C(S)CC(F)(F)CC1)NC1(C)CCC1.[HH].[HH]. The molecule has 0 spiro atoms. The standard InChI is InChI=1S/C13H20F2N2S.2H2/c1-9(17-12(2)5-3-6-12)16-10-4-7-13(14,15)8-11(10)18;;/h16-18H,1,3-8H2,2H3;2*1H. The second-order valence-corrected chi connectivity index (χ2v) is 6.14. The molecule has 1 fully saturated rings. The predicted octanol–water partition coefficient (Wildman–Crippen LogP) is 4.03. The molecule has 0 aromatic heterocycles. The molecule has 0 saturated heterocycles. The maximum atomic E-state index is 13.2. The van der Waals surface area contributed by atoms with Gasteiger partial charge in [0.05, 0.1) is 5.82 Å². The summed E-state index contributed by atoms with van der Waals surface area (Å²) in [4.78, 5) is 0.438. The Hall–Kier alpha value is -0.710. The van der Waals surface area contributed by atoms with Gasteiger partial charge in [0, 0.05) is 31.8 Å². The van der Waals surface area contributed by atoms with Gasteiger partial charge in [-0.1, -0.05) is 6.58 Å². The molecule has 0 aromatic rings. The van der Waals surface area contributed by atoms with Crippen LogP contribution in [0.25, 0.3) is 0 Å². The van der Waals surface area contributed by atoms with Crippen molar-refractivity contribution >= 4 is 12.6 Å². The number of alkyl halides is 2. The number of rotatable bonds is 4. The second kappa shape index (κ2) is 4.76. The van der Waals surface area contributed by atoms with Gasteiger partial charge in [-0.3, -0.25) is 0 Å². The predicted molar refractivity (Wildman–Crippen MR) is 76.7 cm³/mol. The second-order valence-electron chi connectivity index (χ2n) is 5.60. The first-order valence-electron chi connectivity index (χ1n) is 6.33. The third-order valence-corrected chi connectivity index (χ3v) is 4.15. The summed E-state index contributed by atoms with van der Waals surface area (Å²) in [5.41, 5.74) is 0.879. The highest BCUT2D eigenvalue weighted by atomic mass is 32.1. The number of allylic oxidation sites excluding steroid dienone is 2. The summed E-state index contributed by atoms with van der Waals surface area (Å²) in [5, 5.41) is 6.42. The lowest BCUT2D eigenvalue weighted by Crippen LogP contribution is -2.49. The molecule has 2 aliphatic rings. The van der Waals surface area contributed by atoms with Crippen LogP contribution in [0.3, 0.4) is 0 Å². The van der Waals surface area contributed by atoms with E-state index in [1.165, 1.54) is 6.42 Å². The van der Waals surface area contributed by atoms with Crippen molar-refractivity contribution in [1.82, 2.24) is 10.6 Å². The van der Waals surface area contributed by atoms with Gasteiger partial charge < -0.3 is 10.6 Å². The van der Waals surface area contributed by atoms with Crippen molar-refractivity contribution in [3.05, 3.63) is 23.0 Å². The highest BCUT2D eigenvalue weighted by molar-refractivity contribution is 7.84. The van der Waals surface area contributed by atoms with E-state index < -0.39 is 5.92 Å². The number of nitrogens with one attached hydrogen (secondary N) is 2. The smallest absolute Gasteiger partial charge is 0.253 e. The summed E-state index contributed by atoms with van der Waals surface area (Å²) in [5.74, 6) is -1.93. The maximum absolute atomic E-state index is 13.2. The van der Waals surface area contributed by atoms with Crippen LogP contribution < -0.4 is 10.6 Å². The Morgan fingerprint density at radius 1 is 1.39 bits per heavy atom. The zero-order valence-corrected chi connectivity index (χ0v) is 11.5. The number of hydrogen-bond donors (Lipinski definition) is 3. The summed E-state index contributed by atoms with van der Waals surface area (Å²) < 4.78 is 26.3. The van der Waals surface area contributed by atoms with Gasteiger partial charge in [-0.15, -0.1) is 12.6 Å². The molecule has 2 nitrogen and oxygen atoms in total. The lowest BCUT2D eigenvalue weighted by Gasteiger charge is -2.41. The molecule has 2 N–H and O–H groups in total. The van der Waals surface area contributed by atoms with Gasteiger partial charge in [-0.25, -0.2) is 8.78 Å². The molecule has 0 aliphatic heterocycles. The first kappa shape index (κ1) is 13.7. The first-order chi connectivity index (χ1) is 8.30. The zero-order chi connectivity index (χ0) is 13.4. The van der Waals surface area contributed by atoms with Gasteiger partial charge in [0.2, 0.25) is 0 Å². The largest absolute Gasteiger partial charge is 0.367 e. The molecular formula is C13H24F2N2S. The average Bonchev–Trinajstić information content (AvgIpc) is 2.19. The number of hydrogen-bond acceptors (Lipinski definition) is 3. The van der Waals surface area contributed by atoms with E-state index in [0.29, 0.717) is 17.1 Å². The molecule has 0 atom stereocenters. The minimum absolute atomic E-state index is 0. The zero-order valence-electron chi connectivity index (χ0n) is 10.7. The Labute approximate surface area is 115 Å². The average molecular weight is 278 g/mol. The molecule has 0 bridgehead atoms. The van der Waals surface area contributed by atoms with Crippen molar-refractivity contribution in [2.24, 2.45) is 0 Å². The fraction of sp³-hybridized carbons (Fsp3) is 0.692. The first-order valence-corrected chi connectivity index (χ1v) is 6.77. The minimum Gasteiger partial charge on any atom is -0.367 e. The van der Waals surface area contributed by atoms with Gasteiger partial charge in [0.25, 0.3) is 5.92 Å². The minimum atomic E-state index is -2.61. The molecular weight excluding hydrogens is 254 g/mol. The van der Waals surface area contributed by atoms with Crippen LogP contribution in [0.15, 0.2) is 23.0 Å². The van der Waals surface area contributed by atoms with Crippen LogP contribution in [0.4, 0.5) is 8.78 Å². The number of halogens is 2. The monoisotopic (exact) mass is 278 g/mol. The highest BCUT2D eigenvalue weighted by Gasteiger charge is 2.35. The maximum Gasteiger partial charge on any atom is 0.253 e. The van der Waals surface area contributed by atoms with E-state index in [0.717, 1.165) is 18.5 Å². The summed E-state index contributed by atoms with van der Waals surface area (Å²) in [6, 6.07) is 0. The molecule has 106 valence electrons. The van der Waals surface area contributed by atoms with Crippen LogP contribution in [-0.2, 0) is 0 Å². The van der Waals surface area contributed by atoms with E-state index in [4.69, 9.17) is 0 Å². The van der Waals surface area contributed by atoms with E-state index >= 15 is 0 Å². The van der Waals surface area contributed by atoms with Crippen molar-refractivity contribution in [3.63, 3.8) is 0 Å². The molecule has 0 heterocycles. The quantitative estimate of drug-likeness (QED) is 0.676. The third-order valence-electron chi connectivity index (χ3n) is 3.73. The highest BCUT2D eigenvalue weighted by Crippen LogP contribution is 2.37. The molecule has 0 radical (unpaired) electrons. The van der Waals surface area contributed by atoms with Crippen molar-refractivity contribution < 1.29 is 11.6 Å². The van der Waals surface area contributed by atoms with Crippen molar-refractivity contribution in [2.75, 3.05) is 0 Å². The van der Waals surface area contributed by atoms with Crippen molar-refractivity contribution in [3.8, 4) is 0 Å². The van der Waals surface area contributed by atoms with Crippen LogP contribution >= 0.6 is 12.6 Å². The normalized spacial score (nSPS) is 25.3. The van der Waals surface area contributed by atoms with Crippen LogP contribution in [-0.4, -0.2) is 11.5 Å². The Morgan fingerprint density at radius 3 is 2.56 bits per heavy atom. The molecule has 0 unspecified atom stereocenters. The van der Waals surface area contributed by atoms with Crippen LogP contribution in [0, 0.1) is 0 Å². The van der Waals surface area contributed by atoms with E-state index in [2.05, 4.69) is 36.8 Å². The summed E-state index contributed by atoms with van der Waals surface area (Å²) in [7, 11) is 0. The van der Waals surface area contributed by atoms with Gasteiger partial charge in [-0.2, -0.15) is 0 Å². The summed E-state index contributed by atoms with van der Waals surface area (Å²) in [6.07, 6.45) is 3.40. The van der Waals surface area contributed by atoms with Gasteiger partial charge in [-0.05, 0) is 32.6 Å². The third kappa shape index (κ3) is 3.19. The van der Waals surface area contributed by atoms with Crippen LogP contribution in [0.1, 0.15) is 48.3 Å². The van der Waals surface area contributed by atoms with E-state index in [1.807, 2.05) is 0 Å².